The molecule has 0 unspecified atom stereocenters. The molecule has 1 heterocycles. The number of nitrogens with zero attached hydrogens (tertiary/aromatic N) is 1. The minimum absolute atomic E-state index is 0.0371. The van der Waals surface area contributed by atoms with Crippen molar-refractivity contribution in [2.45, 2.75) is 12.5 Å². The molecule has 8 nitrogen and oxygen atoms in total. The van der Waals surface area contributed by atoms with Gasteiger partial charge in [0.1, 0.15) is 13.2 Å². The van der Waals surface area contributed by atoms with Gasteiger partial charge in [-0.05, 0) is 12.0 Å². The van der Waals surface area contributed by atoms with E-state index in [1.807, 2.05) is 30.3 Å². The van der Waals surface area contributed by atoms with Crippen LogP contribution in [0.2, 0.25) is 0 Å². The Morgan fingerprint density at radius 2 is 2.05 bits per heavy atom. The molecule has 2 rings (SSSR count). The van der Waals surface area contributed by atoms with E-state index in [1.54, 1.807) is 0 Å². The van der Waals surface area contributed by atoms with Gasteiger partial charge in [0.25, 0.3) is 5.91 Å². The van der Waals surface area contributed by atoms with Gasteiger partial charge in [-0.25, -0.2) is 14.3 Å². The largest absolute Gasteiger partial charge is 0.470 e. The molecule has 1 aliphatic heterocycles. The first-order valence-electron chi connectivity index (χ1n) is 6.09. The summed E-state index contributed by atoms with van der Waals surface area (Å²) in [5.74, 6) is -0.846. The summed E-state index contributed by atoms with van der Waals surface area (Å²) in [5.41, 5.74) is 0.912. The molecule has 0 bridgehead atoms. The zero-order valence-corrected chi connectivity index (χ0v) is 11.8. The number of imide groups is 1. The standard InChI is InChI=1S/C12H14NO7P/c14-11(8-20-21(16,17)18)13-10(7-19-12(13)15)6-9-4-2-1-3-5-9/h1-5,10H,6-8H2,(H2,16,17,18)/t10-/m0/s1. The third kappa shape index (κ3) is 4.37. The molecule has 9 heteroatoms. The summed E-state index contributed by atoms with van der Waals surface area (Å²) >= 11 is 0. The summed E-state index contributed by atoms with van der Waals surface area (Å²) in [5, 5.41) is 0. The van der Waals surface area contributed by atoms with Crippen LogP contribution in [-0.4, -0.2) is 45.9 Å². The maximum atomic E-state index is 11.9. The van der Waals surface area contributed by atoms with Crippen molar-refractivity contribution >= 4 is 19.8 Å². The molecule has 1 aliphatic rings. The molecule has 2 N–H and O–H groups in total. The number of hydrogen-bond acceptors (Lipinski definition) is 5. The minimum atomic E-state index is -4.77. The fraction of sp³-hybridized carbons (Fsp3) is 0.333. The van der Waals surface area contributed by atoms with E-state index in [4.69, 9.17) is 14.5 Å². The molecule has 1 fully saturated rings. The monoisotopic (exact) mass is 315 g/mol. The lowest BCUT2D eigenvalue weighted by Crippen LogP contribution is -2.42. The molecule has 2 amide bonds. The number of ether oxygens (including phenoxy) is 1. The number of rotatable bonds is 5. The highest BCUT2D eigenvalue weighted by atomic mass is 31.2. The minimum Gasteiger partial charge on any atom is -0.447 e. The van der Waals surface area contributed by atoms with Crippen LogP contribution in [0.3, 0.4) is 0 Å². The molecule has 0 radical (unpaired) electrons. The lowest BCUT2D eigenvalue weighted by molar-refractivity contribution is -0.131. The van der Waals surface area contributed by atoms with Crippen molar-refractivity contribution in [2.75, 3.05) is 13.2 Å². The van der Waals surface area contributed by atoms with Crippen LogP contribution >= 0.6 is 7.82 Å². The summed E-state index contributed by atoms with van der Waals surface area (Å²) in [7, 11) is -4.77. The van der Waals surface area contributed by atoms with Gasteiger partial charge < -0.3 is 14.5 Å². The van der Waals surface area contributed by atoms with Gasteiger partial charge in [-0.15, -0.1) is 0 Å². The maximum Gasteiger partial charge on any atom is 0.470 e. The highest BCUT2D eigenvalue weighted by molar-refractivity contribution is 7.46. The van der Waals surface area contributed by atoms with Crippen LogP contribution in [0, 0.1) is 0 Å². The number of hydrogen-bond donors (Lipinski definition) is 2. The second kappa shape index (κ2) is 6.36. The zero-order chi connectivity index (χ0) is 15.5. The number of carbonyl (C=O) groups excluding carboxylic acids is 2. The lowest BCUT2D eigenvalue weighted by atomic mass is 10.1. The van der Waals surface area contributed by atoms with E-state index in [0.717, 1.165) is 10.5 Å². The number of amides is 2. The zero-order valence-electron chi connectivity index (χ0n) is 10.9. The highest BCUT2D eigenvalue weighted by Crippen LogP contribution is 2.35. The van der Waals surface area contributed by atoms with Gasteiger partial charge in [0, 0.05) is 0 Å². The molecular weight excluding hydrogens is 301 g/mol. The molecule has 1 atom stereocenters. The Bertz CT molecular complexity index is 570. The second-order valence-electron chi connectivity index (χ2n) is 4.45. The van der Waals surface area contributed by atoms with Gasteiger partial charge in [0.2, 0.25) is 0 Å². The van der Waals surface area contributed by atoms with Crippen LogP contribution in [0.5, 0.6) is 0 Å². The topological polar surface area (TPSA) is 113 Å². The first kappa shape index (κ1) is 15.7. The predicted molar refractivity (Wildman–Crippen MR) is 70.1 cm³/mol. The average molecular weight is 315 g/mol. The van der Waals surface area contributed by atoms with E-state index in [2.05, 4.69) is 4.52 Å². The molecule has 0 aromatic heterocycles. The van der Waals surface area contributed by atoms with Gasteiger partial charge in [-0.1, -0.05) is 30.3 Å². The SMILES string of the molecule is O=C(COP(=O)(O)O)N1C(=O)OC[C@@H]1Cc1ccccc1. The molecule has 0 aliphatic carbocycles. The number of phosphoric ester groups is 1. The number of phosphoric acid groups is 1. The van der Waals surface area contributed by atoms with Crippen molar-refractivity contribution in [2.24, 2.45) is 0 Å². The van der Waals surface area contributed by atoms with E-state index in [9.17, 15) is 14.2 Å². The lowest BCUT2D eigenvalue weighted by Gasteiger charge is -2.19. The normalized spacial score (nSPS) is 18.7. The fourth-order valence-corrected chi connectivity index (χ4v) is 2.29. The first-order chi connectivity index (χ1) is 9.87. The quantitative estimate of drug-likeness (QED) is 0.768. The predicted octanol–water partition coefficient (Wildman–Crippen LogP) is 0.686. The van der Waals surface area contributed by atoms with E-state index >= 15 is 0 Å². The van der Waals surface area contributed by atoms with Crippen molar-refractivity contribution in [3.05, 3.63) is 35.9 Å². The Morgan fingerprint density at radius 3 is 2.67 bits per heavy atom. The van der Waals surface area contributed by atoms with Crippen molar-refractivity contribution < 1.29 is 33.2 Å². The second-order valence-corrected chi connectivity index (χ2v) is 5.69. The molecule has 1 aromatic rings. The Morgan fingerprint density at radius 1 is 1.38 bits per heavy atom. The van der Waals surface area contributed by atoms with Crippen molar-refractivity contribution in [3.63, 3.8) is 0 Å². The Hall–Kier alpha value is -1.73. The Kier molecular flexibility index (Phi) is 4.74. The van der Waals surface area contributed by atoms with Crippen LogP contribution in [0.25, 0.3) is 0 Å². The molecular formula is C12H14NO7P. The van der Waals surface area contributed by atoms with E-state index < -0.39 is 32.5 Å². The summed E-state index contributed by atoms with van der Waals surface area (Å²) < 4.78 is 19.5. The molecule has 0 spiro atoms. The number of carbonyl (C=O) groups is 2. The van der Waals surface area contributed by atoms with Gasteiger partial charge in [0.15, 0.2) is 0 Å². The highest BCUT2D eigenvalue weighted by Gasteiger charge is 2.38. The third-order valence-electron chi connectivity index (χ3n) is 2.90. The third-order valence-corrected chi connectivity index (χ3v) is 3.37. The summed E-state index contributed by atoms with van der Waals surface area (Å²) in [6.07, 6.45) is -0.441. The average Bonchev–Trinajstić information content (AvgIpc) is 2.77. The summed E-state index contributed by atoms with van der Waals surface area (Å²) in [6, 6.07) is 8.67. The molecule has 21 heavy (non-hydrogen) atoms. The molecule has 1 aromatic carbocycles. The number of cyclic esters (lactones) is 1. The van der Waals surface area contributed by atoms with Gasteiger partial charge in [-0.2, -0.15) is 0 Å². The van der Waals surface area contributed by atoms with Crippen LogP contribution < -0.4 is 0 Å². The Labute approximate surface area is 120 Å². The van der Waals surface area contributed by atoms with Crippen molar-refractivity contribution in [3.8, 4) is 0 Å². The van der Waals surface area contributed by atoms with Crippen molar-refractivity contribution in [1.82, 2.24) is 4.90 Å². The summed E-state index contributed by atoms with van der Waals surface area (Å²) in [6.45, 7) is -0.847. The van der Waals surface area contributed by atoms with Gasteiger partial charge >= 0.3 is 13.9 Å². The van der Waals surface area contributed by atoms with Gasteiger partial charge in [-0.3, -0.25) is 9.32 Å². The Balaban J connectivity index is 2.03. The van der Waals surface area contributed by atoms with Crippen LogP contribution in [0.4, 0.5) is 4.79 Å². The summed E-state index contributed by atoms with van der Waals surface area (Å²) in [4.78, 5) is 41.4. The van der Waals surface area contributed by atoms with E-state index in [-0.39, 0.29) is 6.61 Å². The molecule has 0 saturated carbocycles. The van der Waals surface area contributed by atoms with E-state index in [1.165, 1.54) is 0 Å². The van der Waals surface area contributed by atoms with Crippen LogP contribution in [0.15, 0.2) is 30.3 Å². The smallest absolute Gasteiger partial charge is 0.447 e. The fourth-order valence-electron chi connectivity index (χ4n) is 2.01. The number of benzene rings is 1. The maximum absolute atomic E-state index is 11.9. The van der Waals surface area contributed by atoms with Crippen LogP contribution in [-0.2, 0) is 25.0 Å². The van der Waals surface area contributed by atoms with Crippen molar-refractivity contribution in [1.29, 1.82) is 0 Å². The van der Waals surface area contributed by atoms with Crippen LogP contribution in [0.1, 0.15) is 5.56 Å². The van der Waals surface area contributed by atoms with E-state index in [0.29, 0.717) is 6.42 Å². The molecule has 114 valence electrons. The molecule has 1 saturated heterocycles. The van der Waals surface area contributed by atoms with Gasteiger partial charge in [0.05, 0.1) is 6.04 Å². The first-order valence-corrected chi connectivity index (χ1v) is 7.62.